The van der Waals surface area contributed by atoms with E-state index in [0.717, 1.165) is 32.8 Å². The molecule has 0 atom stereocenters. The largest absolute Gasteiger partial charge is 0.494 e. The zero-order chi connectivity index (χ0) is 18.9. The van der Waals surface area contributed by atoms with Gasteiger partial charge in [0.1, 0.15) is 5.65 Å². The molecule has 28 heavy (non-hydrogen) atoms. The van der Waals surface area contributed by atoms with E-state index in [4.69, 9.17) is 0 Å². The van der Waals surface area contributed by atoms with Crippen LogP contribution in [0.2, 0.25) is 0 Å². The average Bonchev–Trinajstić information content (AvgIpc) is 3.28. The van der Waals surface area contributed by atoms with Crippen LogP contribution in [0.15, 0.2) is 77.4 Å². The number of nitrogens with one attached hydrogen (secondary N) is 1. The van der Waals surface area contributed by atoms with Crippen molar-refractivity contribution in [1.29, 1.82) is 0 Å². The number of fused-ring (bicyclic) bond motifs is 2. The van der Waals surface area contributed by atoms with E-state index >= 15 is 0 Å². The minimum Gasteiger partial charge on any atom is -0.494 e. The van der Waals surface area contributed by atoms with Crippen molar-refractivity contribution < 1.29 is 5.11 Å². The van der Waals surface area contributed by atoms with E-state index in [9.17, 15) is 5.11 Å². The van der Waals surface area contributed by atoms with Gasteiger partial charge < -0.3 is 10.1 Å². The van der Waals surface area contributed by atoms with Gasteiger partial charge in [-0.3, -0.25) is 4.98 Å². The molecule has 134 valence electrons. The molecule has 4 heterocycles. The van der Waals surface area contributed by atoms with Gasteiger partial charge in [0.15, 0.2) is 5.88 Å². The molecular weight excluding hydrogens is 350 g/mol. The average molecular weight is 365 g/mol. The Morgan fingerprint density at radius 1 is 0.964 bits per heavy atom. The number of aromatic amines is 1. The molecule has 6 nitrogen and oxygen atoms in total. The molecule has 0 spiro atoms. The molecule has 5 rings (SSSR count). The molecule has 0 amide bonds. The standard InChI is InChI=1S/C22H15N5O/c28-22-18(16-4-2-10-24-21(16)25-22)11-15-5-7-17-19(26-27-20(17)12-15)8-6-14-3-1-9-23-13-14/h1-13,28H,(H,24,25)/b8-6+,15-11?. The van der Waals surface area contributed by atoms with Gasteiger partial charge in [0.05, 0.1) is 11.4 Å². The Balaban J connectivity index is 1.56. The first kappa shape index (κ1) is 16.1. The highest BCUT2D eigenvalue weighted by molar-refractivity contribution is 5.89. The van der Waals surface area contributed by atoms with Crippen molar-refractivity contribution in [3.05, 3.63) is 88.7 Å². The van der Waals surface area contributed by atoms with Crippen LogP contribution in [0.25, 0.3) is 28.9 Å². The first-order chi connectivity index (χ1) is 13.8. The Bertz CT molecular complexity index is 1370. The summed E-state index contributed by atoms with van der Waals surface area (Å²) >= 11 is 0. The number of benzene rings is 1. The van der Waals surface area contributed by atoms with Gasteiger partial charge in [-0.2, -0.15) is 0 Å². The van der Waals surface area contributed by atoms with E-state index in [1.165, 1.54) is 0 Å². The summed E-state index contributed by atoms with van der Waals surface area (Å²) in [7, 11) is 0. The Kier molecular flexibility index (Phi) is 3.80. The van der Waals surface area contributed by atoms with Gasteiger partial charge in [-0.15, -0.1) is 10.2 Å². The highest BCUT2D eigenvalue weighted by atomic mass is 16.3. The lowest BCUT2D eigenvalue weighted by molar-refractivity contribution is 0.457. The number of aromatic nitrogens is 3. The second-order valence-corrected chi connectivity index (χ2v) is 6.41. The zero-order valence-electron chi connectivity index (χ0n) is 14.7. The molecule has 4 aromatic rings. The summed E-state index contributed by atoms with van der Waals surface area (Å²) in [5.41, 5.74) is 3.98. The van der Waals surface area contributed by atoms with Crippen LogP contribution in [-0.2, 0) is 0 Å². The highest BCUT2D eigenvalue weighted by Gasteiger charge is 2.10. The van der Waals surface area contributed by atoms with Crippen molar-refractivity contribution in [2.24, 2.45) is 10.2 Å². The van der Waals surface area contributed by atoms with Crippen molar-refractivity contribution >= 4 is 34.6 Å². The molecule has 1 aromatic carbocycles. The summed E-state index contributed by atoms with van der Waals surface area (Å²) in [6.45, 7) is 0. The molecule has 0 aliphatic carbocycles. The minimum atomic E-state index is 0.0995. The molecule has 2 N–H and O–H groups in total. The number of hydrogen-bond donors (Lipinski definition) is 2. The predicted molar refractivity (Wildman–Crippen MR) is 108 cm³/mol. The maximum Gasteiger partial charge on any atom is 0.198 e. The molecule has 1 aliphatic rings. The number of nitrogens with zero attached hydrogens (tertiary/aromatic N) is 4. The van der Waals surface area contributed by atoms with E-state index in [2.05, 4.69) is 25.2 Å². The number of azo groups is 1. The van der Waals surface area contributed by atoms with Crippen molar-refractivity contribution in [2.75, 3.05) is 0 Å². The van der Waals surface area contributed by atoms with E-state index in [0.29, 0.717) is 11.2 Å². The van der Waals surface area contributed by atoms with Crippen molar-refractivity contribution in [1.82, 2.24) is 15.0 Å². The predicted octanol–water partition coefficient (Wildman–Crippen LogP) is 3.41. The van der Waals surface area contributed by atoms with Gasteiger partial charge in [-0.05, 0) is 53.3 Å². The van der Waals surface area contributed by atoms with E-state index in [1.807, 2.05) is 60.7 Å². The molecule has 3 aromatic heterocycles. The Labute approximate surface area is 160 Å². The fourth-order valence-electron chi connectivity index (χ4n) is 3.21. The van der Waals surface area contributed by atoms with Crippen molar-refractivity contribution in [3.8, 4) is 5.88 Å². The maximum atomic E-state index is 10.2. The molecule has 0 radical (unpaired) electrons. The Hall–Kier alpha value is -4.06. The van der Waals surface area contributed by atoms with Gasteiger partial charge >= 0.3 is 0 Å². The van der Waals surface area contributed by atoms with E-state index in [1.54, 1.807) is 18.6 Å². The zero-order valence-corrected chi connectivity index (χ0v) is 14.7. The minimum absolute atomic E-state index is 0.0995. The maximum absolute atomic E-state index is 10.2. The van der Waals surface area contributed by atoms with Gasteiger partial charge in [0.2, 0.25) is 0 Å². The first-order valence-electron chi connectivity index (χ1n) is 8.79. The van der Waals surface area contributed by atoms with Crippen LogP contribution >= 0.6 is 0 Å². The lowest BCUT2D eigenvalue weighted by Gasteiger charge is -1.94. The highest BCUT2D eigenvalue weighted by Crippen LogP contribution is 2.26. The third-order valence-electron chi connectivity index (χ3n) is 4.58. The number of pyridine rings is 2. The van der Waals surface area contributed by atoms with Gasteiger partial charge in [0, 0.05) is 34.8 Å². The normalized spacial score (nSPS) is 13.7. The molecule has 6 heteroatoms. The van der Waals surface area contributed by atoms with Crippen LogP contribution in [0.3, 0.4) is 0 Å². The summed E-state index contributed by atoms with van der Waals surface area (Å²) < 4.78 is 0. The summed E-state index contributed by atoms with van der Waals surface area (Å²) in [6, 6.07) is 13.6. The van der Waals surface area contributed by atoms with Gasteiger partial charge in [-0.25, -0.2) is 4.98 Å². The van der Waals surface area contributed by atoms with Crippen LogP contribution < -0.4 is 10.4 Å². The molecule has 0 fully saturated rings. The number of hydrogen-bond acceptors (Lipinski definition) is 5. The molecule has 0 saturated heterocycles. The van der Waals surface area contributed by atoms with Crippen LogP contribution in [-0.4, -0.2) is 20.1 Å². The second kappa shape index (κ2) is 6.59. The molecule has 1 aliphatic heterocycles. The van der Waals surface area contributed by atoms with Crippen LogP contribution in [0.1, 0.15) is 11.1 Å². The Morgan fingerprint density at radius 3 is 2.79 bits per heavy atom. The lowest BCUT2D eigenvalue weighted by atomic mass is 10.1. The lowest BCUT2D eigenvalue weighted by Crippen LogP contribution is -2.08. The van der Waals surface area contributed by atoms with Crippen molar-refractivity contribution in [3.63, 3.8) is 0 Å². The molecular formula is C22H15N5O. The first-order valence-corrected chi connectivity index (χ1v) is 8.79. The molecule has 0 unspecified atom stereocenters. The second-order valence-electron chi connectivity index (χ2n) is 6.41. The summed E-state index contributed by atoms with van der Waals surface area (Å²) in [4.78, 5) is 11.2. The SMILES string of the molecule is Oc1[nH]c2ncccc2c1C=c1ccc2c(c1)N=NC=2/C=C/c1cccnc1. The smallest absolute Gasteiger partial charge is 0.198 e. The molecule has 0 bridgehead atoms. The number of aromatic hydroxyl groups is 1. The Morgan fingerprint density at radius 2 is 1.89 bits per heavy atom. The number of rotatable bonds is 3. The van der Waals surface area contributed by atoms with E-state index in [-0.39, 0.29) is 5.88 Å². The monoisotopic (exact) mass is 365 g/mol. The van der Waals surface area contributed by atoms with Crippen molar-refractivity contribution in [2.45, 2.75) is 0 Å². The third-order valence-corrected chi connectivity index (χ3v) is 4.58. The van der Waals surface area contributed by atoms with Crippen LogP contribution in [0.4, 0.5) is 5.69 Å². The third kappa shape index (κ3) is 2.87. The summed E-state index contributed by atoms with van der Waals surface area (Å²) in [5.74, 6) is 0.0995. The van der Waals surface area contributed by atoms with Crippen LogP contribution in [0.5, 0.6) is 5.88 Å². The van der Waals surface area contributed by atoms with Crippen LogP contribution in [0, 0.1) is 0 Å². The molecule has 0 saturated carbocycles. The number of H-pyrrole nitrogens is 1. The quantitative estimate of drug-likeness (QED) is 0.583. The van der Waals surface area contributed by atoms with Gasteiger partial charge in [0.25, 0.3) is 0 Å². The van der Waals surface area contributed by atoms with Gasteiger partial charge in [-0.1, -0.05) is 18.2 Å². The topological polar surface area (TPSA) is 86.5 Å². The fourth-order valence-corrected chi connectivity index (χ4v) is 3.21. The summed E-state index contributed by atoms with van der Waals surface area (Å²) in [5, 5.41) is 21.6. The fraction of sp³-hybridized carbons (Fsp3) is 0. The van der Waals surface area contributed by atoms with E-state index < -0.39 is 0 Å². The summed E-state index contributed by atoms with van der Waals surface area (Å²) in [6.07, 6.45) is 11.0.